The van der Waals surface area contributed by atoms with E-state index in [4.69, 9.17) is 16.9 Å². The molecule has 70 valence electrons. The van der Waals surface area contributed by atoms with Crippen LogP contribution in [0, 0.1) is 18.3 Å². The van der Waals surface area contributed by atoms with Gasteiger partial charge < -0.3 is 4.57 Å². The second-order valence-corrected chi connectivity index (χ2v) is 3.69. The molecule has 0 saturated heterocycles. The van der Waals surface area contributed by atoms with Crippen molar-refractivity contribution in [2.45, 2.75) is 6.92 Å². The van der Waals surface area contributed by atoms with E-state index in [1.807, 2.05) is 36.7 Å². The molecule has 0 N–H and O–H groups in total. The van der Waals surface area contributed by atoms with Crippen LogP contribution in [0.1, 0.15) is 11.3 Å². The molecule has 0 atom stereocenters. The number of aromatic nitrogens is 1. The van der Waals surface area contributed by atoms with Gasteiger partial charge in [-0.3, -0.25) is 0 Å². The number of rotatable bonds is 0. The van der Waals surface area contributed by atoms with Gasteiger partial charge in [0.2, 0.25) is 0 Å². The van der Waals surface area contributed by atoms with Crippen LogP contribution in [-0.4, -0.2) is 4.57 Å². The monoisotopic (exact) mass is 204 g/mol. The third-order valence-corrected chi connectivity index (χ3v) is 2.83. The molecule has 0 unspecified atom stereocenters. The molecule has 1 aromatic heterocycles. The molecule has 0 aliphatic rings. The lowest BCUT2D eigenvalue weighted by Crippen LogP contribution is -1.91. The highest BCUT2D eigenvalue weighted by molar-refractivity contribution is 6.35. The molecule has 2 rings (SSSR count). The normalized spacial score (nSPS) is 10.4. The van der Waals surface area contributed by atoms with Crippen LogP contribution in [0.2, 0.25) is 5.02 Å². The zero-order chi connectivity index (χ0) is 10.3. The lowest BCUT2D eigenvalue weighted by atomic mass is 10.1. The Morgan fingerprint density at radius 3 is 2.71 bits per heavy atom. The Hall–Kier alpha value is -1.46. The van der Waals surface area contributed by atoms with Gasteiger partial charge in [0.15, 0.2) is 0 Å². The predicted molar refractivity (Wildman–Crippen MR) is 57.4 cm³/mol. The number of para-hydroxylation sites is 1. The fraction of sp³-hybridized carbons (Fsp3) is 0.182. The molecule has 0 saturated carbocycles. The van der Waals surface area contributed by atoms with Crippen LogP contribution >= 0.6 is 11.6 Å². The van der Waals surface area contributed by atoms with Crippen molar-refractivity contribution < 1.29 is 0 Å². The van der Waals surface area contributed by atoms with Gasteiger partial charge in [-0.15, -0.1) is 0 Å². The first-order valence-electron chi connectivity index (χ1n) is 4.30. The molecule has 0 aliphatic carbocycles. The smallest absolute Gasteiger partial charge is 0.124 e. The Morgan fingerprint density at radius 2 is 2.14 bits per heavy atom. The molecule has 0 radical (unpaired) electrons. The average Bonchev–Trinajstić information content (AvgIpc) is 2.41. The number of nitriles is 1. The van der Waals surface area contributed by atoms with E-state index in [0.717, 1.165) is 16.5 Å². The van der Waals surface area contributed by atoms with Gasteiger partial charge in [0.25, 0.3) is 0 Å². The number of halogens is 1. The highest BCUT2D eigenvalue weighted by Gasteiger charge is 2.12. The maximum atomic E-state index is 8.98. The summed E-state index contributed by atoms with van der Waals surface area (Å²) in [5, 5.41) is 10.7. The minimum absolute atomic E-state index is 0.674. The van der Waals surface area contributed by atoms with Gasteiger partial charge >= 0.3 is 0 Å². The second kappa shape index (κ2) is 3.04. The van der Waals surface area contributed by atoms with Crippen molar-refractivity contribution in [2.24, 2.45) is 7.05 Å². The quantitative estimate of drug-likeness (QED) is 0.649. The van der Waals surface area contributed by atoms with Gasteiger partial charge in [-0.05, 0) is 18.6 Å². The second-order valence-electron chi connectivity index (χ2n) is 3.28. The van der Waals surface area contributed by atoms with E-state index in [1.54, 1.807) is 0 Å². The predicted octanol–water partition coefficient (Wildman–Crippen LogP) is 3.01. The Bertz CT molecular complexity index is 546. The SMILES string of the molecule is Cc1c(C#N)n(C)c2c(Cl)cccc12. The summed E-state index contributed by atoms with van der Waals surface area (Å²) >= 11 is 6.07. The molecule has 2 nitrogen and oxygen atoms in total. The van der Waals surface area contributed by atoms with Crippen LogP contribution in [-0.2, 0) is 7.05 Å². The summed E-state index contributed by atoms with van der Waals surface area (Å²) in [5.74, 6) is 0. The lowest BCUT2D eigenvalue weighted by Gasteiger charge is -1.98. The first-order chi connectivity index (χ1) is 6.66. The molecule has 0 aliphatic heterocycles. The summed E-state index contributed by atoms with van der Waals surface area (Å²) < 4.78 is 1.84. The molecule has 0 fully saturated rings. The van der Waals surface area contributed by atoms with Crippen LogP contribution in [0.25, 0.3) is 10.9 Å². The van der Waals surface area contributed by atoms with Crippen LogP contribution in [0.3, 0.4) is 0 Å². The van der Waals surface area contributed by atoms with Gasteiger partial charge in [-0.25, -0.2) is 0 Å². The van der Waals surface area contributed by atoms with E-state index in [-0.39, 0.29) is 0 Å². The Morgan fingerprint density at radius 1 is 1.43 bits per heavy atom. The molecule has 3 heteroatoms. The molecular weight excluding hydrogens is 196 g/mol. The van der Waals surface area contributed by atoms with E-state index in [1.165, 1.54) is 0 Å². The standard InChI is InChI=1S/C11H9ClN2/c1-7-8-4-3-5-9(12)11(8)14(2)10(7)6-13/h3-5H,1-2H3. The highest BCUT2D eigenvalue weighted by atomic mass is 35.5. The van der Waals surface area contributed by atoms with Crippen LogP contribution in [0.4, 0.5) is 0 Å². The fourth-order valence-corrected chi connectivity index (χ4v) is 2.11. The topological polar surface area (TPSA) is 28.7 Å². The third-order valence-electron chi connectivity index (χ3n) is 2.52. The molecule has 1 aromatic carbocycles. The van der Waals surface area contributed by atoms with Gasteiger partial charge in [-0.1, -0.05) is 23.7 Å². The van der Waals surface area contributed by atoms with Gasteiger partial charge in [-0.2, -0.15) is 5.26 Å². The minimum Gasteiger partial charge on any atom is -0.334 e. The maximum Gasteiger partial charge on any atom is 0.124 e. The largest absolute Gasteiger partial charge is 0.334 e. The first-order valence-corrected chi connectivity index (χ1v) is 4.68. The van der Waals surface area contributed by atoms with Crippen molar-refractivity contribution in [2.75, 3.05) is 0 Å². The molecular formula is C11H9ClN2. The Kier molecular flexibility index (Phi) is 1.98. The molecule has 0 bridgehead atoms. The van der Waals surface area contributed by atoms with Gasteiger partial charge in [0, 0.05) is 12.4 Å². The van der Waals surface area contributed by atoms with E-state index in [2.05, 4.69) is 6.07 Å². The summed E-state index contributed by atoms with van der Waals surface area (Å²) in [5.41, 5.74) is 2.60. The van der Waals surface area contributed by atoms with E-state index >= 15 is 0 Å². The Balaban J connectivity index is 3.04. The summed E-state index contributed by atoms with van der Waals surface area (Å²) in [7, 11) is 1.86. The summed E-state index contributed by atoms with van der Waals surface area (Å²) in [6.07, 6.45) is 0. The lowest BCUT2D eigenvalue weighted by molar-refractivity contribution is 0.941. The number of hydrogen-bond donors (Lipinski definition) is 0. The zero-order valence-electron chi connectivity index (χ0n) is 8.00. The molecule has 2 aromatic rings. The van der Waals surface area contributed by atoms with Crippen LogP contribution < -0.4 is 0 Å². The zero-order valence-corrected chi connectivity index (χ0v) is 8.76. The highest BCUT2D eigenvalue weighted by Crippen LogP contribution is 2.29. The van der Waals surface area contributed by atoms with Crippen molar-refractivity contribution >= 4 is 22.5 Å². The van der Waals surface area contributed by atoms with Crippen LogP contribution in [0.5, 0.6) is 0 Å². The van der Waals surface area contributed by atoms with E-state index < -0.39 is 0 Å². The maximum absolute atomic E-state index is 8.98. The minimum atomic E-state index is 0.674. The summed E-state index contributed by atoms with van der Waals surface area (Å²) in [6.45, 7) is 1.94. The van der Waals surface area contributed by atoms with Crippen molar-refractivity contribution in [1.29, 1.82) is 5.26 Å². The summed E-state index contributed by atoms with van der Waals surface area (Å²) in [4.78, 5) is 0. The molecule has 0 amide bonds. The average molecular weight is 205 g/mol. The fourth-order valence-electron chi connectivity index (χ4n) is 1.81. The molecule has 0 spiro atoms. The van der Waals surface area contributed by atoms with E-state index in [9.17, 15) is 0 Å². The molecule has 1 heterocycles. The van der Waals surface area contributed by atoms with Crippen LogP contribution in [0.15, 0.2) is 18.2 Å². The van der Waals surface area contributed by atoms with Crippen molar-refractivity contribution in [3.63, 3.8) is 0 Å². The summed E-state index contributed by atoms with van der Waals surface area (Å²) in [6, 6.07) is 7.91. The van der Waals surface area contributed by atoms with Gasteiger partial charge in [0.05, 0.1) is 10.5 Å². The number of aryl methyl sites for hydroxylation is 2. The van der Waals surface area contributed by atoms with Crippen molar-refractivity contribution in [1.82, 2.24) is 4.57 Å². The number of hydrogen-bond acceptors (Lipinski definition) is 1. The number of benzene rings is 1. The number of nitrogens with zero attached hydrogens (tertiary/aromatic N) is 2. The Labute approximate surface area is 87.3 Å². The van der Waals surface area contributed by atoms with Crippen molar-refractivity contribution in [3.8, 4) is 6.07 Å². The van der Waals surface area contributed by atoms with Crippen molar-refractivity contribution in [3.05, 3.63) is 34.5 Å². The number of fused-ring (bicyclic) bond motifs is 1. The molecule has 14 heavy (non-hydrogen) atoms. The first kappa shape index (κ1) is 9.11. The van der Waals surface area contributed by atoms with Gasteiger partial charge in [0.1, 0.15) is 11.8 Å². The van der Waals surface area contributed by atoms with E-state index in [0.29, 0.717) is 10.7 Å². The third kappa shape index (κ3) is 1.03.